The Morgan fingerprint density at radius 3 is 0.814 bits per heavy atom. The largest absolute Gasteiger partial charge is 0.212 e. The summed E-state index contributed by atoms with van der Waals surface area (Å²) in [4.78, 5) is 0. The average Bonchev–Trinajstić information content (AvgIpc) is 0.762. The van der Waals surface area contributed by atoms with Gasteiger partial charge in [0.05, 0.1) is 0 Å². The molecule has 4 atom stereocenters. The Kier molecular flexibility index (Phi) is 23.1. The molecule has 7 heterocycles. The van der Waals surface area contributed by atoms with Gasteiger partial charge in [-0.25, -0.2) is 32.0 Å². The number of nitrogens with zero attached hydrogens (tertiary/aromatic N) is 7. The number of aromatic nitrogens is 7. The van der Waals surface area contributed by atoms with Crippen molar-refractivity contribution >= 4 is 0 Å². The summed E-state index contributed by atoms with van der Waals surface area (Å²) in [6.45, 7) is 21.5. The molecule has 0 radical (unpaired) electrons. The van der Waals surface area contributed by atoms with Gasteiger partial charge >= 0.3 is 0 Å². The molecule has 0 amide bonds. The lowest BCUT2D eigenvalue weighted by atomic mass is 9.95. The molecule has 129 heavy (non-hydrogen) atoms. The molecule has 0 fully saturated rings. The van der Waals surface area contributed by atoms with Gasteiger partial charge in [0.1, 0.15) is 49.3 Å². The third kappa shape index (κ3) is 27.4. The number of rotatable bonds is 14. The van der Waals surface area contributed by atoms with Gasteiger partial charge in [0.2, 0.25) is 39.9 Å². The Labute approximate surface area is 828 Å². The van der Waals surface area contributed by atoms with Gasteiger partial charge in [0, 0.05) is 166 Å². The number of hydrogen-bond donors (Lipinski definition) is 0. The third-order valence-electron chi connectivity index (χ3n) is 23.5. The van der Waals surface area contributed by atoms with Crippen molar-refractivity contribution in [2.75, 3.05) is 0 Å². The summed E-state index contributed by atoms with van der Waals surface area (Å²) in [6.07, 6.45) is 11.4. The first-order valence-electron chi connectivity index (χ1n) is 60.4. The molecule has 4 unspecified atom stereocenters. The predicted octanol–water partition coefficient (Wildman–Crippen LogP) is 28.1. The van der Waals surface area contributed by atoms with E-state index < -0.39 is 91.6 Å². The van der Waals surface area contributed by atoms with Crippen LogP contribution < -0.4 is 32.0 Å². The molecule has 0 spiro atoms. The van der Waals surface area contributed by atoms with E-state index in [1.807, 2.05) is 70.5 Å². The fourth-order valence-electron chi connectivity index (χ4n) is 16.0. The summed E-state index contributed by atoms with van der Waals surface area (Å²) in [5.74, 6) is -5.71. The van der Waals surface area contributed by atoms with E-state index in [2.05, 4.69) is 153 Å². The molecule has 14 aromatic rings. The summed E-state index contributed by atoms with van der Waals surface area (Å²) in [6, 6.07) is 57.6. The van der Waals surface area contributed by atoms with E-state index >= 15 is 0 Å². The van der Waals surface area contributed by atoms with Gasteiger partial charge in [-0.2, -0.15) is 0 Å². The fraction of sp³-hybridized carbons (Fsp3) is 0.369. The molecular weight excluding hydrogens is 1560 g/mol. The van der Waals surface area contributed by atoms with Gasteiger partial charge in [0.15, 0.2) is 43.4 Å². The van der Waals surface area contributed by atoms with E-state index in [9.17, 15) is 0 Å². The molecule has 0 saturated carbocycles. The van der Waals surface area contributed by atoms with Crippen LogP contribution in [0.2, 0.25) is 0 Å². The minimum Gasteiger partial charge on any atom is -0.201 e. The van der Waals surface area contributed by atoms with Gasteiger partial charge in [-0.05, 0) is 299 Å². The SMILES string of the molecule is Cc1ccc(-c2cc(C(C)C)c(C)c[n+]2C)c(C)c1.Cc1ccc(-c2cc(C)c(C(C)C)c[n+]2C)c(C)c1.[2H]C([2H])([2H])C([2H])(C)c1ccc(-c2ccc(C([2H])(C)C([2H])([2H])[2H])c[n+]2C)c(C)c1.[2H]C([2H])([2H])c1c[n+](C)c(-c2ccc(C([2H])(C)C([2H])([2H])[2H])cc2C)cc1C.[2H]C([2H])([2H])c1ccc(-c2cc(C)c(C([2H])([2H])[2H])c[n+]2C)c(C)c1.[2H]C([2H])([2H])c1ccc(-c2ccc(C([2H])(C)C([2H])([2H])[2H])c[n+]2C)c(C)c1.[2H]C([2H])([2H])c1ccc(-c2ccc(C([2H])([2H])C)c[n+]2C)c(C)c1. The van der Waals surface area contributed by atoms with Crippen molar-refractivity contribution in [3.8, 4) is 78.8 Å². The highest BCUT2D eigenvalue weighted by Crippen LogP contribution is 2.33. The van der Waals surface area contributed by atoms with E-state index in [0.717, 1.165) is 84.1 Å². The van der Waals surface area contributed by atoms with E-state index in [4.69, 9.17) is 45.2 Å². The highest BCUT2D eigenvalue weighted by molar-refractivity contribution is 5.68. The van der Waals surface area contributed by atoms with Crippen LogP contribution in [0, 0.1) is 124 Å². The summed E-state index contributed by atoms with van der Waals surface area (Å²) < 4.78 is 266. The summed E-state index contributed by atoms with van der Waals surface area (Å²) >= 11 is 0. The lowest BCUT2D eigenvalue weighted by molar-refractivity contribution is -0.661. The molecule has 676 valence electrons. The Morgan fingerprint density at radius 1 is 0.233 bits per heavy atom. The highest BCUT2D eigenvalue weighted by Gasteiger charge is 2.24. The minimum absolute atomic E-state index is 0.286. The fourth-order valence-corrected chi connectivity index (χ4v) is 16.0. The van der Waals surface area contributed by atoms with Crippen LogP contribution in [0.3, 0.4) is 0 Å². The Morgan fingerprint density at radius 2 is 0.504 bits per heavy atom. The van der Waals surface area contributed by atoms with Crippen molar-refractivity contribution in [2.24, 2.45) is 49.3 Å². The van der Waals surface area contributed by atoms with E-state index in [1.165, 1.54) is 102 Å². The number of benzene rings is 7. The second-order valence-corrected chi connectivity index (χ2v) is 35.1. The van der Waals surface area contributed by atoms with E-state index in [1.54, 1.807) is 207 Å². The minimum atomic E-state index is -2.45. The maximum Gasteiger partial charge on any atom is 0.212 e. The zero-order chi connectivity index (χ0) is 124. The molecule has 14 rings (SSSR count). The maximum absolute atomic E-state index is 8.25. The Balaban J connectivity index is 0.000000229. The van der Waals surface area contributed by atoms with Crippen LogP contribution in [0.5, 0.6) is 0 Å². The summed E-state index contributed by atoms with van der Waals surface area (Å²) in [7, 11) is 13.3. The van der Waals surface area contributed by atoms with Crippen molar-refractivity contribution in [2.45, 2.75) is 256 Å². The first-order chi connectivity index (χ1) is 73.6. The van der Waals surface area contributed by atoms with E-state index in [0.29, 0.717) is 73.0 Å². The molecule has 7 heteroatoms. The third-order valence-corrected chi connectivity index (χ3v) is 23.5. The standard InChI is InChI=1S/C19H26N.3C18H24N.C17H22N.2C16H20N/c1-13(2)16-7-9-18(15(5)11-16)19-10-8-17(14(3)4)12-20(19)6;1-12(2)16-7-8-17(14(4)9-16)18-10-13(3)15(5)11-19(18)6;1-12(2)17-10-18(19(6)11-15(17)5)16-8-7-13(3)9-14(16)4;1-12(2)17-11-19(6)18(10-15(17)5)16-8-7-13(3)9-14(16)4;1-12(2)15-7-9-17(18(5)11-15)16-8-6-13(3)10-14(16)4;1-11-6-7-15(13(3)8-11)16-9-12(2)14(4)10-17(16)5;1-5-14-7-9-16(17(4)11-14)15-8-6-12(2)10-13(15)3/h7-14H,1-6H3;3*7-12H,1-6H3;6-12H,1-5H3;6-10H,1-5H3;6-11H,5H2,1-4H3/q7*+1/i1D3,3D3,13D,14D;1D3,5D3,12D;;;1D3,3D3,12D;1D3,4D3;2D3,5D2. The van der Waals surface area contributed by atoms with Crippen molar-refractivity contribution < 1.29 is 77.2 Å². The molecule has 0 N–H and O–H groups in total. The van der Waals surface area contributed by atoms with Crippen molar-refractivity contribution in [3.63, 3.8) is 0 Å². The summed E-state index contributed by atoms with van der Waals surface area (Å²) in [5.41, 5.74) is 34.2. The van der Waals surface area contributed by atoms with Gasteiger partial charge in [0.25, 0.3) is 0 Å². The van der Waals surface area contributed by atoms with Crippen molar-refractivity contribution in [3.05, 3.63) is 371 Å². The van der Waals surface area contributed by atoms with Crippen LogP contribution in [0.15, 0.2) is 231 Å². The molecule has 0 bridgehead atoms. The van der Waals surface area contributed by atoms with Gasteiger partial charge < -0.3 is 0 Å². The Bertz CT molecular complexity index is 7550. The highest BCUT2D eigenvalue weighted by atomic mass is 15.0. The van der Waals surface area contributed by atoms with Crippen LogP contribution in [-0.2, 0) is 55.7 Å². The second kappa shape index (κ2) is 46.2. The molecule has 0 aliphatic carbocycles. The molecule has 7 aromatic heterocycles. The molecule has 0 aliphatic heterocycles. The normalized spacial score (nSPS) is 17.6. The topological polar surface area (TPSA) is 27.2 Å². The Hall–Kier alpha value is -11.4. The van der Waals surface area contributed by atoms with Gasteiger partial charge in [-0.3, -0.25) is 0 Å². The molecule has 7 nitrogen and oxygen atoms in total. The number of pyridine rings is 7. The van der Waals surface area contributed by atoms with Gasteiger partial charge in [-0.1, -0.05) is 202 Å². The monoisotopic (exact) mass is 1760 g/mol. The predicted molar refractivity (Wildman–Crippen MR) is 551 cm³/mol. The van der Waals surface area contributed by atoms with Crippen LogP contribution in [-0.4, -0.2) is 0 Å². The molecule has 0 aliphatic rings. The zero-order valence-corrected chi connectivity index (χ0v) is 81.7. The van der Waals surface area contributed by atoms with Crippen LogP contribution in [0.25, 0.3) is 78.8 Å². The first kappa shape index (κ1) is 64.4. The van der Waals surface area contributed by atoms with Crippen LogP contribution >= 0.6 is 0 Å². The van der Waals surface area contributed by atoms with E-state index in [-0.39, 0.29) is 5.56 Å². The molecule has 0 saturated heterocycles. The first-order valence-corrected chi connectivity index (χ1v) is 43.9. The van der Waals surface area contributed by atoms with Crippen LogP contribution in [0.1, 0.15) is 309 Å². The number of aryl methyl sites for hydroxylation is 26. The summed E-state index contributed by atoms with van der Waals surface area (Å²) in [5, 5.41) is 0. The van der Waals surface area contributed by atoms with Crippen molar-refractivity contribution in [1.82, 2.24) is 0 Å². The maximum atomic E-state index is 8.25. The van der Waals surface area contributed by atoms with Gasteiger partial charge in [-0.15, -0.1) is 0 Å². The molecular formula is C122H160N7+7. The zero-order valence-electron chi connectivity index (χ0n) is 115. The van der Waals surface area contributed by atoms with Crippen molar-refractivity contribution in [1.29, 1.82) is 0 Å². The number of hydrogen-bond acceptors (Lipinski definition) is 0. The second-order valence-electron chi connectivity index (χ2n) is 35.1. The smallest absolute Gasteiger partial charge is 0.201 e. The quantitative estimate of drug-likeness (QED) is 0.0971. The average molecular weight is 1760 g/mol. The lowest BCUT2D eigenvalue weighted by Crippen LogP contribution is -2.32. The van der Waals surface area contributed by atoms with Crippen LogP contribution in [0.4, 0.5) is 0 Å². The molecule has 7 aromatic carbocycles. The lowest BCUT2D eigenvalue weighted by Gasteiger charge is -2.12.